The van der Waals surface area contributed by atoms with Crippen LogP contribution in [0.1, 0.15) is 35.3 Å². The summed E-state index contributed by atoms with van der Waals surface area (Å²) in [5.41, 5.74) is 1.40. The van der Waals surface area contributed by atoms with Crippen molar-refractivity contribution >= 4 is 40.1 Å². The van der Waals surface area contributed by atoms with Gasteiger partial charge in [0.15, 0.2) is 0 Å². The zero-order valence-electron chi connectivity index (χ0n) is 25.7. The van der Waals surface area contributed by atoms with Gasteiger partial charge in [0.25, 0.3) is 5.91 Å². The van der Waals surface area contributed by atoms with Gasteiger partial charge in [-0.1, -0.05) is 12.0 Å². The number of carboxylic acids is 2. The molecule has 11 nitrogen and oxygen atoms in total. The van der Waals surface area contributed by atoms with Crippen LogP contribution in [-0.4, -0.2) is 95.7 Å². The maximum Gasteiger partial charge on any atom is 0.406 e. The molecule has 1 aliphatic heterocycles. The number of ether oxygens (including phenoxy) is 1. The molecule has 4 rings (SSSR count). The minimum atomic E-state index is -4.52. The number of halogens is 4. The van der Waals surface area contributed by atoms with Crippen molar-refractivity contribution in [2.75, 3.05) is 44.4 Å². The third-order valence-electron chi connectivity index (χ3n) is 7.67. The second-order valence-electron chi connectivity index (χ2n) is 11.2. The van der Waals surface area contributed by atoms with Crippen molar-refractivity contribution in [1.29, 1.82) is 0 Å². The Balaban J connectivity index is 1.51. The number of hydrogen-bond donors (Lipinski definition) is 5. The van der Waals surface area contributed by atoms with Crippen LogP contribution in [0.25, 0.3) is 10.9 Å². The lowest BCUT2D eigenvalue weighted by Crippen LogP contribution is -2.46. The Hall–Kier alpha value is -4.97. The van der Waals surface area contributed by atoms with Gasteiger partial charge in [-0.3, -0.25) is 9.59 Å². The number of anilines is 2. The van der Waals surface area contributed by atoms with Crippen molar-refractivity contribution in [1.82, 2.24) is 14.8 Å². The van der Waals surface area contributed by atoms with Gasteiger partial charge in [-0.15, -0.1) is 0 Å². The monoisotopic (exact) mass is 661 g/mol. The molecule has 252 valence electrons. The van der Waals surface area contributed by atoms with E-state index in [0.29, 0.717) is 35.2 Å². The number of carbonyl (C=O) groups is 3. The number of hydrogen-bond acceptors (Lipinski definition) is 7. The molecule has 1 unspecified atom stereocenters. The topological polar surface area (TPSA) is 145 Å². The summed E-state index contributed by atoms with van der Waals surface area (Å²) in [7, 11) is 3.18. The van der Waals surface area contributed by atoms with E-state index in [9.17, 15) is 37.1 Å². The molecule has 0 bridgehead atoms. The Morgan fingerprint density at radius 3 is 2.55 bits per heavy atom. The fourth-order valence-electron chi connectivity index (χ4n) is 5.30. The number of nitrogens with zero attached hydrogens (tertiary/aromatic N) is 2. The normalized spacial score (nSPS) is 17.3. The van der Waals surface area contributed by atoms with Gasteiger partial charge >= 0.3 is 18.1 Å². The molecular weight excluding hydrogens is 626 g/mol. The molecule has 2 heterocycles. The molecule has 0 saturated carbocycles. The lowest BCUT2D eigenvalue weighted by molar-refractivity contribution is -0.141. The van der Waals surface area contributed by atoms with Crippen LogP contribution in [0.4, 0.5) is 28.9 Å². The van der Waals surface area contributed by atoms with Crippen molar-refractivity contribution in [2.45, 2.75) is 50.2 Å². The predicted octanol–water partition coefficient (Wildman–Crippen LogP) is 4.18. The average Bonchev–Trinajstić information content (AvgIpc) is 3.34. The van der Waals surface area contributed by atoms with Crippen LogP contribution in [0, 0.1) is 11.8 Å². The largest absolute Gasteiger partial charge is 0.495 e. The summed E-state index contributed by atoms with van der Waals surface area (Å²) in [6.45, 7) is -0.343. The quantitative estimate of drug-likeness (QED) is 0.143. The molecule has 3 atom stereocenters. The Morgan fingerprint density at radius 2 is 1.89 bits per heavy atom. The number of alkyl halides is 4. The second kappa shape index (κ2) is 15.1. The minimum Gasteiger partial charge on any atom is -0.495 e. The summed E-state index contributed by atoms with van der Waals surface area (Å²) in [4.78, 5) is 36.8. The second-order valence-corrected chi connectivity index (χ2v) is 11.2. The van der Waals surface area contributed by atoms with E-state index in [1.165, 1.54) is 25.3 Å². The number of carbonyl (C=O) groups excluding carboxylic acids is 1. The molecule has 0 radical (unpaired) electrons. The van der Waals surface area contributed by atoms with E-state index in [1.54, 1.807) is 24.3 Å². The first-order valence-corrected chi connectivity index (χ1v) is 14.7. The minimum absolute atomic E-state index is 0.0179. The van der Waals surface area contributed by atoms with Gasteiger partial charge in [-0.2, -0.15) is 13.2 Å². The van der Waals surface area contributed by atoms with Crippen LogP contribution >= 0.6 is 0 Å². The predicted molar refractivity (Wildman–Crippen MR) is 167 cm³/mol. The first-order valence-electron chi connectivity index (χ1n) is 14.7. The number of nitrogens with one attached hydrogen (secondary N) is 3. The number of carboxylic acid groups (broad SMARTS) is 2. The number of benzene rings is 2. The molecule has 0 spiro atoms. The highest BCUT2D eigenvalue weighted by Gasteiger charge is 2.31. The highest BCUT2D eigenvalue weighted by Crippen LogP contribution is 2.32. The van der Waals surface area contributed by atoms with Crippen molar-refractivity contribution in [3.05, 3.63) is 53.7 Å². The van der Waals surface area contributed by atoms with Crippen LogP contribution in [0.5, 0.6) is 5.75 Å². The summed E-state index contributed by atoms with van der Waals surface area (Å²) >= 11 is 0. The number of methoxy groups -OCH3 is 1. The first-order chi connectivity index (χ1) is 22.3. The molecule has 1 aliphatic rings. The fraction of sp³-hybridized carbons (Fsp3) is 0.406. The third-order valence-corrected chi connectivity index (χ3v) is 7.67. The fourth-order valence-corrected chi connectivity index (χ4v) is 5.30. The molecule has 1 fully saturated rings. The Bertz CT molecular complexity index is 1680. The van der Waals surface area contributed by atoms with Crippen molar-refractivity contribution < 1.29 is 46.9 Å². The number of fused-ring (bicyclic) bond motifs is 1. The zero-order chi connectivity index (χ0) is 34.3. The Morgan fingerprint density at radius 1 is 1.13 bits per heavy atom. The lowest BCUT2D eigenvalue weighted by Gasteiger charge is -2.33. The van der Waals surface area contributed by atoms with E-state index < -0.39 is 55.2 Å². The average molecular weight is 662 g/mol. The Labute approximate surface area is 267 Å². The molecule has 2 aromatic carbocycles. The highest BCUT2D eigenvalue weighted by atomic mass is 19.4. The highest BCUT2D eigenvalue weighted by molar-refractivity contribution is 5.97. The number of aliphatic carboxylic acids is 2. The molecule has 3 aromatic rings. The van der Waals surface area contributed by atoms with Gasteiger partial charge in [0.1, 0.15) is 24.5 Å². The molecule has 1 amide bonds. The van der Waals surface area contributed by atoms with E-state index in [2.05, 4.69) is 27.8 Å². The van der Waals surface area contributed by atoms with E-state index in [4.69, 9.17) is 9.84 Å². The van der Waals surface area contributed by atoms with E-state index >= 15 is 0 Å². The maximum absolute atomic E-state index is 14.7. The number of piperidine rings is 1. The first kappa shape index (κ1) is 34.9. The van der Waals surface area contributed by atoms with Crippen LogP contribution < -0.4 is 20.7 Å². The smallest absolute Gasteiger partial charge is 0.406 e. The number of amides is 1. The van der Waals surface area contributed by atoms with Crippen LogP contribution in [0.15, 0.2) is 42.5 Å². The molecule has 1 aromatic heterocycles. The van der Waals surface area contributed by atoms with E-state index in [1.807, 2.05) is 11.9 Å². The van der Waals surface area contributed by atoms with Crippen LogP contribution in [-0.2, 0) is 16.1 Å². The molecule has 0 aliphatic carbocycles. The van der Waals surface area contributed by atoms with Gasteiger partial charge in [-0.05, 0) is 62.2 Å². The summed E-state index contributed by atoms with van der Waals surface area (Å²) in [5, 5.41) is 27.1. The lowest BCUT2D eigenvalue weighted by atomic mass is 10.0. The van der Waals surface area contributed by atoms with Crippen LogP contribution in [0.3, 0.4) is 0 Å². The van der Waals surface area contributed by atoms with Crippen molar-refractivity contribution in [3.8, 4) is 17.6 Å². The number of aromatic nitrogens is 1. The van der Waals surface area contributed by atoms with E-state index in [-0.39, 0.29) is 36.5 Å². The zero-order valence-corrected chi connectivity index (χ0v) is 25.7. The summed E-state index contributed by atoms with van der Waals surface area (Å²) in [5.74, 6) is 2.49. The number of likely N-dealkylation sites (tertiary alicyclic amines) is 1. The summed E-state index contributed by atoms with van der Waals surface area (Å²) in [6.07, 6.45) is -5.87. The maximum atomic E-state index is 14.7. The summed E-state index contributed by atoms with van der Waals surface area (Å²) in [6, 6.07) is 8.77. The molecule has 15 heteroatoms. The van der Waals surface area contributed by atoms with Crippen molar-refractivity contribution in [2.24, 2.45) is 0 Å². The summed E-state index contributed by atoms with van der Waals surface area (Å²) < 4.78 is 61.9. The van der Waals surface area contributed by atoms with E-state index in [0.717, 1.165) is 4.57 Å². The van der Waals surface area contributed by atoms with Gasteiger partial charge in [-0.25, -0.2) is 9.18 Å². The molecular formula is C32H35F4N5O6. The van der Waals surface area contributed by atoms with Crippen molar-refractivity contribution in [3.63, 3.8) is 0 Å². The van der Waals surface area contributed by atoms with Gasteiger partial charge in [0, 0.05) is 36.1 Å². The molecule has 1 saturated heterocycles. The van der Waals surface area contributed by atoms with Gasteiger partial charge in [0.2, 0.25) is 0 Å². The Kier molecular flexibility index (Phi) is 11.2. The van der Waals surface area contributed by atoms with Gasteiger partial charge in [0.05, 0.1) is 36.6 Å². The SMILES string of the molecule is COc1cc(C(=O)NC(CCC(=O)O)C(=O)O)ccc1NCC#Cc1cc2c(N[C@@H]3CCN(C)C[C@@H]3F)cccc2n1CC(F)(F)F. The van der Waals surface area contributed by atoms with Gasteiger partial charge < -0.3 is 40.4 Å². The third kappa shape index (κ3) is 9.29. The molecule has 5 N–H and O–H groups in total. The van der Waals surface area contributed by atoms with Crippen LogP contribution in [0.2, 0.25) is 0 Å². The number of rotatable bonds is 12. The standard InChI is InChI=1S/C32H35F4N5O6/c1-40-14-12-24(22(33)17-40)38-23-6-3-7-27-21(23)16-20(41(27)18-32(34,35)36)5-4-13-37-25-9-8-19(15-28(25)47-2)30(44)39-26(31(45)46)10-11-29(42)43/h3,6-9,15-16,22,24,26,37-38H,10-14,17-18H2,1-2H3,(H,39,44)(H,42,43)(H,45,46)/t22-,24+,26?/m0/s1. The molecule has 47 heavy (non-hydrogen) atoms.